The largest absolute Gasteiger partial charge is 0.480 e. The number of hydrogen-bond donors (Lipinski definition) is 3. The van der Waals surface area contributed by atoms with Crippen LogP contribution in [-0.2, 0) is 4.79 Å². The van der Waals surface area contributed by atoms with Crippen LogP contribution in [0.5, 0.6) is 0 Å². The molecule has 0 saturated carbocycles. The first-order chi connectivity index (χ1) is 17.6. The molecule has 37 heavy (non-hydrogen) atoms. The fourth-order valence-corrected chi connectivity index (χ4v) is 4.34. The molecule has 1 aromatic heterocycles. The molecule has 0 radical (unpaired) electrons. The fourth-order valence-electron chi connectivity index (χ4n) is 3.71. The predicted octanol–water partition coefficient (Wildman–Crippen LogP) is 6.74. The number of carbonyl (C=O) groups excluding carboxylic acids is 1. The molecule has 0 atom stereocenters. The zero-order valence-electron chi connectivity index (χ0n) is 21.1. The Morgan fingerprint density at radius 1 is 0.973 bits per heavy atom. The summed E-state index contributed by atoms with van der Waals surface area (Å²) in [4.78, 5) is 24.6. The van der Waals surface area contributed by atoms with Crippen LogP contribution in [0.2, 0.25) is 0 Å². The first-order valence-electron chi connectivity index (χ1n) is 11.8. The number of fused-ring (bicyclic) bond motifs is 1. The van der Waals surface area contributed by atoms with Crippen LogP contribution in [0.3, 0.4) is 0 Å². The summed E-state index contributed by atoms with van der Waals surface area (Å²) in [5, 5.41) is 12.5. The highest BCUT2D eigenvalue weighted by Crippen LogP contribution is 2.30. The van der Waals surface area contributed by atoms with Crippen molar-refractivity contribution in [2.45, 2.75) is 32.6 Å². The zero-order chi connectivity index (χ0) is 26.6. The van der Waals surface area contributed by atoms with Crippen molar-refractivity contribution < 1.29 is 19.1 Å². The molecular formula is C30H28N2O4S. The smallest absolute Gasteiger partial charge is 0.318 e. The molecule has 7 heteroatoms. The number of carboxylic acid groups (broad SMARTS) is 1. The van der Waals surface area contributed by atoms with E-state index in [0.29, 0.717) is 11.3 Å². The average Bonchev–Trinajstić information content (AvgIpc) is 3.20. The summed E-state index contributed by atoms with van der Waals surface area (Å²) in [5.74, 6) is 5.55. The number of rotatable bonds is 7. The lowest BCUT2D eigenvalue weighted by atomic mass is 9.96. The second kappa shape index (κ2) is 11.0. The van der Waals surface area contributed by atoms with E-state index < -0.39 is 5.97 Å². The number of carbonyl (C=O) groups is 2. The van der Waals surface area contributed by atoms with Gasteiger partial charge in [0.15, 0.2) is 5.76 Å². The summed E-state index contributed by atoms with van der Waals surface area (Å²) >= 11 is 1.27. The van der Waals surface area contributed by atoms with E-state index in [0.717, 1.165) is 32.5 Å². The van der Waals surface area contributed by atoms with Gasteiger partial charge in [-0.15, -0.1) is 0 Å². The van der Waals surface area contributed by atoms with Gasteiger partial charge < -0.3 is 14.8 Å². The number of amides is 1. The molecule has 188 valence electrons. The van der Waals surface area contributed by atoms with Gasteiger partial charge in [-0.3, -0.25) is 9.59 Å². The maximum Gasteiger partial charge on any atom is 0.318 e. The van der Waals surface area contributed by atoms with Crippen molar-refractivity contribution in [3.63, 3.8) is 0 Å². The van der Waals surface area contributed by atoms with E-state index in [-0.39, 0.29) is 23.6 Å². The number of hydrogen-bond acceptors (Lipinski definition) is 5. The standard InChI is InChI=1S/C30H28N2O4S/c1-19-27-22(16-17-30(2,3)4)6-5-7-25(27)36-28(19)29(35)32-23-12-8-20(9-13-23)21-10-14-24(15-11-21)37-31-18-26(33)34/h5-15,31H,18H2,1-4H3,(H,32,35)(H,33,34). The normalized spacial score (nSPS) is 11.1. The number of carboxylic acids is 1. The Balaban J connectivity index is 1.48. The highest BCUT2D eigenvalue weighted by atomic mass is 32.2. The van der Waals surface area contributed by atoms with Gasteiger partial charge in [0.05, 0.1) is 0 Å². The molecule has 6 nitrogen and oxygen atoms in total. The maximum absolute atomic E-state index is 13.1. The lowest BCUT2D eigenvalue weighted by Gasteiger charge is -2.07. The summed E-state index contributed by atoms with van der Waals surface area (Å²) in [5.41, 5.74) is 4.78. The first kappa shape index (κ1) is 26.1. The molecule has 4 rings (SSSR count). The highest BCUT2D eigenvalue weighted by molar-refractivity contribution is 7.97. The second-order valence-electron chi connectivity index (χ2n) is 9.61. The van der Waals surface area contributed by atoms with Crippen LogP contribution in [0.15, 0.2) is 76.0 Å². The van der Waals surface area contributed by atoms with Crippen molar-refractivity contribution in [1.82, 2.24) is 4.72 Å². The number of benzene rings is 3. The lowest BCUT2D eigenvalue weighted by Crippen LogP contribution is -2.15. The molecule has 0 unspecified atom stereocenters. The van der Waals surface area contributed by atoms with Gasteiger partial charge in [0, 0.05) is 32.5 Å². The molecule has 3 N–H and O–H groups in total. The van der Waals surface area contributed by atoms with Crippen molar-refractivity contribution in [2.24, 2.45) is 5.41 Å². The Labute approximate surface area is 220 Å². The van der Waals surface area contributed by atoms with Crippen molar-refractivity contribution in [3.05, 3.63) is 83.6 Å². The van der Waals surface area contributed by atoms with Gasteiger partial charge in [-0.2, -0.15) is 0 Å². The molecule has 0 saturated heterocycles. The molecule has 0 fully saturated rings. The van der Waals surface area contributed by atoms with Crippen LogP contribution in [0.1, 0.15) is 42.5 Å². The fraction of sp³-hybridized carbons (Fsp3) is 0.200. The Morgan fingerprint density at radius 3 is 2.24 bits per heavy atom. The van der Waals surface area contributed by atoms with E-state index >= 15 is 0 Å². The van der Waals surface area contributed by atoms with Crippen molar-refractivity contribution in [1.29, 1.82) is 0 Å². The third kappa shape index (κ3) is 6.62. The minimum absolute atomic E-state index is 0.111. The Kier molecular flexibility index (Phi) is 7.72. The predicted molar refractivity (Wildman–Crippen MR) is 149 cm³/mol. The number of nitrogens with one attached hydrogen (secondary N) is 2. The summed E-state index contributed by atoms with van der Waals surface area (Å²) < 4.78 is 8.72. The SMILES string of the molecule is Cc1c(C(=O)Nc2ccc(-c3ccc(SNCC(=O)O)cc3)cc2)oc2cccc(C#CC(C)(C)C)c12. The Bertz CT molecular complexity index is 1500. The monoisotopic (exact) mass is 512 g/mol. The van der Waals surface area contributed by atoms with E-state index in [2.05, 4.69) is 42.7 Å². The van der Waals surface area contributed by atoms with Crippen LogP contribution in [-0.4, -0.2) is 23.5 Å². The minimum Gasteiger partial charge on any atom is -0.480 e. The summed E-state index contributed by atoms with van der Waals surface area (Å²) in [7, 11) is 0. The minimum atomic E-state index is -0.901. The molecule has 0 aliphatic rings. The van der Waals surface area contributed by atoms with E-state index in [1.54, 1.807) is 0 Å². The number of anilines is 1. The highest BCUT2D eigenvalue weighted by Gasteiger charge is 2.19. The molecule has 1 amide bonds. The Morgan fingerprint density at radius 2 is 1.62 bits per heavy atom. The van der Waals surface area contributed by atoms with Gasteiger partial charge in [0.25, 0.3) is 5.91 Å². The molecular weight excluding hydrogens is 484 g/mol. The molecule has 0 bridgehead atoms. The lowest BCUT2D eigenvalue weighted by molar-refractivity contribution is -0.135. The van der Waals surface area contributed by atoms with Crippen LogP contribution < -0.4 is 10.0 Å². The van der Waals surface area contributed by atoms with Crippen LogP contribution in [0.4, 0.5) is 5.69 Å². The van der Waals surface area contributed by atoms with Crippen molar-refractivity contribution in [3.8, 4) is 23.0 Å². The summed E-state index contributed by atoms with van der Waals surface area (Å²) in [6.45, 7) is 7.95. The third-order valence-corrected chi connectivity index (χ3v) is 6.27. The molecule has 0 aliphatic carbocycles. The molecule has 0 spiro atoms. The van der Waals surface area contributed by atoms with Gasteiger partial charge in [0.2, 0.25) is 0 Å². The van der Waals surface area contributed by atoms with Gasteiger partial charge >= 0.3 is 5.97 Å². The van der Waals surface area contributed by atoms with E-state index in [1.807, 2.05) is 73.7 Å². The molecule has 0 aliphatic heterocycles. The number of aliphatic carboxylic acids is 1. The number of furan rings is 1. The Hall–Kier alpha value is -3.99. The van der Waals surface area contributed by atoms with Crippen LogP contribution in [0.25, 0.3) is 22.1 Å². The van der Waals surface area contributed by atoms with Gasteiger partial charge in [-0.1, -0.05) is 42.2 Å². The first-order valence-corrected chi connectivity index (χ1v) is 12.6. The average molecular weight is 513 g/mol. The quantitative estimate of drug-likeness (QED) is 0.188. The van der Waals surface area contributed by atoms with Crippen LogP contribution >= 0.6 is 11.9 Å². The van der Waals surface area contributed by atoms with Crippen LogP contribution in [0, 0.1) is 24.2 Å². The van der Waals surface area contributed by atoms with Gasteiger partial charge in [0.1, 0.15) is 12.1 Å². The number of aryl methyl sites for hydroxylation is 1. The van der Waals surface area contributed by atoms with Crippen molar-refractivity contribution >= 4 is 40.5 Å². The van der Waals surface area contributed by atoms with E-state index in [1.165, 1.54) is 11.9 Å². The zero-order valence-corrected chi connectivity index (χ0v) is 22.0. The van der Waals surface area contributed by atoms with Gasteiger partial charge in [-0.25, -0.2) is 4.72 Å². The topological polar surface area (TPSA) is 91.6 Å². The summed E-state index contributed by atoms with van der Waals surface area (Å²) in [6.07, 6.45) is 0. The van der Waals surface area contributed by atoms with Gasteiger partial charge in [-0.05, 0) is 87.2 Å². The summed E-state index contributed by atoms with van der Waals surface area (Å²) in [6, 6.07) is 21.0. The van der Waals surface area contributed by atoms with E-state index in [4.69, 9.17) is 9.52 Å². The third-order valence-electron chi connectivity index (χ3n) is 5.48. The molecule has 4 aromatic rings. The molecule has 3 aromatic carbocycles. The maximum atomic E-state index is 13.1. The van der Waals surface area contributed by atoms with Crippen molar-refractivity contribution in [2.75, 3.05) is 11.9 Å². The second-order valence-corrected chi connectivity index (χ2v) is 10.6. The molecule has 1 heterocycles. The van der Waals surface area contributed by atoms with E-state index in [9.17, 15) is 9.59 Å².